The molecule has 0 fully saturated rings. The number of alkyl halides is 1. The molecule has 0 unspecified atom stereocenters. The lowest BCUT2D eigenvalue weighted by Gasteiger charge is -2.11. The van der Waals surface area contributed by atoms with Crippen LogP contribution in [0.1, 0.15) is 11.1 Å². The molecule has 0 spiro atoms. The summed E-state index contributed by atoms with van der Waals surface area (Å²) in [5.74, 6) is 0.556. The molecule has 100 valence electrons. The summed E-state index contributed by atoms with van der Waals surface area (Å²) in [6.45, 7) is 0.197. The molecule has 2 aromatic rings. The van der Waals surface area contributed by atoms with Crippen LogP contribution < -0.4 is 4.74 Å². The molecular formula is C14H10BrCl2FO. The molecule has 0 saturated carbocycles. The van der Waals surface area contributed by atoms with E-state index >= 15 is 0 Å². The minimum absolute atomic E-state index is 0.0898. The van der Waals surface area contributed by atoms with Crippen LogP contribution in [0.3, 0.4) is 0 Å². The molecule has 0 N–H and O–H groups in total. The summed E-state index contributed by atoms with van der Waals surface area (Å²) in [7, 11) is 0. The minimum Gasteiger partial charge on any atom is -0.489 e. The number of rotatable bonds is 4. The number of hydrogen-bond donors (Lipinski definition) is 0. The van der Waals surface area contributed by atoms with Gasteiger partial charge in [0.25, 0.3) is 0 Å². The molecule has 0 aliphatic heterocycles. The number of hydrogen-bond acceptors (Lipinski definition) is 1. The Morgan fingerprint density at radius 1 is 1.16 bits per heavy atom. The van der Waals surface area contributed by atoms with E-state index in [-0.39, 0.29) is 11.6 Å². The van der Waals surface area contributed by atoms with Gasteiger partial charge in [0.2, 0.25) is 0 Å². The van der Waals surface area contributed by atoms with Gasteiger partial charge in [-0.2, -0.15) is 0 Å². The molecule has 2 rings (SSSR count). The van der Waals surface area contributed by atoms with Crippen LogP contribution in [0.5, 0.6) is 5.75 Å². The fraction of sp³-hybridized carbons (Fsp3) is 0.143. The van der Waals surface area contributed by atoms with Crippen LogP contribution in [0.4, 0.5) is 4.39 Å². The summed E-state index contributed by atoms with van der Waals surface area (Å²) in [6.07, 6.45) is 0. The average molecular weight is 364 g/mol. The van der Waals surface area contributed by atoms with E-state index in [1.807, 2.05) is 18.2 Å². The van der Waals surface area contributed by atoms with Crippen LogP contribution in [0.15, 0.2) is 40.9 Å². The molecule has 5 heteroatoms. The molecule has 0 heterocycles. The first-order valence-electron chi connectivity index (χ1n) is 5.52. The Morgan fingerprint density at radius 2 is 1.95 bits per heavy atom. The van der Waals surface area contributed by atoms with Gasteiger partial charge in [-0.3, -0.25) is 0 Å². The first-order chi connectivity index (χ1) is 9.11. The van der Waals surface area contributed by atoms with Gasteiger partial charge in [-0.05, 0) is 24.3 Å². The van der Waals surface area contributed by atoms with Crippen LogP contribution in [-0.2, 0) is 12.5 Å². The Labute approximate surface area is 129 Å². The van der Waals surface area contributed by atoms with E-state index < -0.39 is 5.82 Å². The Kier molecular flexibility index (Phi) is 5.08. The number of benzene rings is 2. The van der Waals surface area contributed by atoms with E-state index in [0.717, 1.165) is 10.0 Å². The molecule has 19 heavy (non-hydrogen) atoms. The summed E-state index contributed by atoms with van der Waals surface area (Å²) >= 11 is 15.1. The van der Waals surface area contributed by atoms with Gasteiger partial charge in [0, 0.05) is 15.6 Å². The zero-order chi connectivity index (χ0) is 13.8. The highest BCUT2D eigenvalue weighted by molar-refractivity contribution is 9.10. The fourth-order valence-electron chi connectivity index (χ4n) is 1.61. The summed E-state index contributed by atoms with van der Waals surface area (Å²) < 4.78 is 19.9. The highest BCUT2D eigenvalue weighted by Gasteiger charge is 2.08. The number of halogens is 4. The van der Waals surface area contributed by atoms with Crippen molar-refractivity contribution >= 4 is 39.1 Å². The summed E-state index contributed by atoms with van der Waals surface area (Å²) in [6, 6.07) is 10.2. The highest BCUT2D eigenvalue weighted by atomic mass is 79.9. The summed E-state index contributed by atoms with van der Waals surface area (Å²) in [4.78, 5) is 0. The van der Waals surface area contributed by atoms with Crippen molar-refractivity contribution in [3.63, 3.8) is 0 Å². The van der Waals surface area contributed by atoms with Gasteiger partial charge in [-0.15, -0.1) is 11.6 Å². The lowest BCUT2D eigenvalue weighted by molar-refractivity contribution is 0.303. The lowest BCUT2D eigenvalue weighted by atomic mass is 10.2. The van der Waals surface area contributed by atoms with Crippen molar-refractivity contribution in [2.75, 3.05) is 0 Å². The van der Waals surface area contributed by atoms with Crippen molar-refractivity contribution in [3.05, 3.63) is 62.8 Å². The molecule has 0 amide bonds. The average Bonchev–Trinajstić information content (AvgIpc) is 2.41. The third-order valence-electron chi connectivity index (χ3n) is 2.58. The van der Waals surface area contributed by atoms with Crippen LogP contribution >= 0.6 is 39.1 Å². The molecule has 0 atom stereocenters. The second kappa shape index (κ2) is 6.60. The number of ether oxygens (including phenoxy) is 1. The van der Waals surface area contributed by atoms with Crippen molar-refractivity contribution in [1.29, 1.82) is 0 Å². The van der Waals surface area contributed by atoms with Crippen molar-refractivity contribution in [1.82, 2.24) is 0 Å². The Balaban J connectivity index is 2.17. The third-order valence-corrected chi connectivity index (χ3v) is 3.79. The van der Waals surface area contributed by atoms with Crippen LogP contribution in [0.2, 0.25) is 5.02 Å². The van der Waals surface area contributed by atoms with Crippen LogP contribution in [0.25, 0.3) is 0 Å². The maximum absolute atomic E-state index is 13.3. The predicted molar refractivity (Wildman–Crippen MR) is 79.4 cm³/mol. The molecule has 0 aromatic heterocycles. The second-order valence-electron chi connectivity index (χ2n) is 3.89. The minimum atomic E-state index is -0.448. The lowest BCUT2D eigenvalue weighted by Crippen LogP contribution is -1.99. The van der Waals surface area contributed by atoms with Crippen molar-refractivity contribution in [2.45, 2.75) is 12.5 Å². The fourth-order valence-corrected chi connectivity index (χ4v) is 2.41. The van der Waals surface area contributed by atoms with Gasteiger partial charge in [-0.1, -0.05) is 39.7 Å². The maximum atomic E-state index is 13.3. The zero-order valence-corrected chi connectivity index (χ0v) is 12.9. The van der Waals surface area contributed by atoms with Crippen LogP contribution in [-0.4, -0.2) is 0 Å². The summed E-state index contributed by atoms with van der Waals surface area (Å²) in [5, 5.41) is 0.0898. The highest BCUT2D eigenvalue weighted by Crippen LogP contribution is 2.27. The molecule has 0 aliphatic carbocycles. The van der Waals surface area contributed by atoms with E-state index in [4.69, 9.17) is 27.9 Å². The Morgan fingerprint density at radius 3 is 2.68 bits per heavy atom. The standard InChI is InChI=1S/C14H10BrCl2FO/c15-11-4-5-13(10(6-11)7-16)19-8-9-2-1-3-12(18)14(9)17/h1-6H,7-8H2. The smallest absolute Gasteiger partial charge is 0.142 e. The molecular weight excluding hydrogens is 354 g/mol. The van der Waals surface area contributed by atoms with Gasteiger partial charge in [0.15, 0.2) is 0 Å². The van der Waals surface area contributed by atoms with Crippen LogP contribution in [0, 0.1) is 5.82 Å². The molecule has 1 nitrogen and oxygen atoms in total. The summed E-state index contributed by atoms with van der Waals surface area (Å²) in [5.41, 5.74) is 1.47. The molecule has 2 aromatic carbocycles. The quantitative estimate of drug-likeness (QED) is 0.646. The third kappa shape index (κ3) is 3.62. The molecule has 0 aliphatic rings. The van der Waals surface area contributed by atoms with Gasteiger partial charge in [0.1, 0.15) is 18.2 Å². The van der Waals surface area contributed by atoms with E-state index in [1.54, 1.807) is 12.1 Å². The van der Waals surface area contributed by atoms with Gasteiger partial charge in [-0.25, -0.2) is 4.39 Å². The second-order valence-corrected chi connectivity index (χ2v) is 5.45. The van der Waals surface area contributed by atoms with E-state index in [1.165, 1.54) is 6.07 Å². The van der Waals surface area contributed by atoms with Gasteiger partial charge < -0.3 is 4.74 Å². The normalized spacial score (nSPS) is 10.5. The monoisotopic (exact) mass is 362 g/mol. The Hall–Kier alpha value is -0.770. The molecule has 0 saturated heterocycles. The van der Waals surface area contributed by atoms with Crippen molar-refractivity contribution in [3.8, 4) is 5.75 Å². The molecule has 0 radical (unpaired) electrons. The zero-order valence-electron chi connectivity index (χ0n) is 9.80. The Bertz CT molecular complexity index is 590. The predicted octanol–water partition coefficient (Wildman–Crippen LogP) is 5.56. The van der Waals surface area contributed by atoms with Crippen molar-refractivity contribution < 1.29 is 9.13 Å². The largest absolute Gasteiger partial charge is 0.489 e. The first kappa shape index (κ1) is 14.6. The van der Waals surface area contributed by atoms with E-state index in [0.29, 0.717) is 17.2 Å². The SMILES string of the molecule is Fc1cccc(COc2ccc(Br)cc2CCl)c1Cl. The van der Waals surface area contributed by atoms with Crippen molar-refractivity contribution in [2.24, 2.45) is 0 Å². The first-order valence-corrected chi connectivity index (χ1v) is 7.22. The maximum Gasteiger partial charge on any atom is 0.142 e. The van der Waals surface area contributed by atoms with Gasteiger partial charge >= 0.3 is 0 Å². The van der Waals surface area contributed by atoms with E-state index in [2.05, 4.69) is 15.9 Å². The van der Waals surface area contributed by atoms with Gasteiger partial charge in [0.05, 0.1) is 10.9 Å². The topological polar surface area (TPSA) is 9.23 Å². The molecule has 0 bridgehead atoms. The van der Waals surface area contributed by atoms with E-state index in [9.17, 15) is 4.39 Å².